The molecule has 0 aliphatic heterocycles. The largest absolute Gasteiger partial charge is 0.416 e. The molecule has 2 nitrogen and oxygen atoms in total. The molecule has 0 spiro atoms. The van der Waals surface area contributed by atoms with Crippen LogP contribution in [0.25, 0.3) is 0 Å². The van der Waals surface area contributed by atoms with Crippen LogP contribution in [0.2, 0.25) is 0 Å². The minimum absolute atomic E-state index is 0.0388. The number of halogens is 4. The highest BCUT2D eigenvalue weighted by Crippen LogP contribution is 2.34. The van der Waals surface area contributed by atoms with E-state index in [2.05, 4.69) is 21.2 Å². The Labute approximate surface area is 121 Å². The summed E-state index contributed by atoms with van der Waals surface area (Å²) in [5.41, 5.74) is -0.0883. The Balaban J connectivity index is 2.72. The fourth-order valence-electron chi connectivity index (χ4n) is 1.49. The molecule has 0 heterocycles. The van der Waals surface area contributed by atoms with Crippen LogP contribution < -0.4 is 5.32 Å². The van der Waals surface area contributed by atoms with Crippen LogP contribution in [0.5, 0.6) is 0 Å². The predicted molar refractivity (Wildman–Crippen MR) is 75.8 cm³/mol. The van der Waals surface area contributed by atoms with Gasteiger partial charge in [-0.25, -0.2) is 0 Å². The highest BCUT2D eigenvalue weighted by atomic mass is 79.9. The second-order valence-electron chi connectivity index (χ2n) is 4.30. The van der Waals surface area contributed by atoms with E-state index in [1.807, 2.05) is 6.92 Å². The van der Waals surface area contributed by atoms with Crippen molar-refractivity contribution in [1.29, 1.82) is 0 Å². The first kappa shape index (κ1) is 16.5. The van der Waals surface area contributed by atoms with Gasteiger partial charge in [0.2, 0.25) is 0 Å². The van der Waals surface area contributed by atoms with Crippen LogP contribution in [0.3, 0.4) is 0 Å². The number of rotatable bonds is 5. The number of hydrogen-bond donors (Lipinski definition) is 1. The van der Waals surface area contributed by atoms with Gasteiger partial charge in [-0.05, 0) is 47.5 Å². The zero-order valence-electron chi connectivity index (χ0n) is 10.6. The Kier molecular flexibility index (Phi) is 5.85. The molecule has 0 fully saturated rings. The fraction of sp³-hybridized carbons (Fsp3) is 0.500. The summed E-state index contributed by atoms with van der Waals surface area (Å²) < 4.78 is 48.8. The molecule has 0 aromatic heterocycles. The van der Waals surface area contributed by atoms with E-state index < -0.39 is 22.5 Å². The van der Waals surface area contributed by atoms with E-state index in [1.54, 1.807) is 6.26 Å². The minimum atomic E-state index is -4.34. The molecule has 1 rings (SSSR count). The summed E-state index contributed by atoms with van der Waals surface area (Å²) in [7, 11) is -0.865. The molecular weight excluding hydrogens is 343 g/mol. The first-order valence-corrected chi connectivity index (χ1v) is 8.15. The van der Waals surface area contributed by atoms with Crippen LogP contribution in [-0.4, -0.2) is 22.3 Å². The lowest BCUT2D eigenvalue weighted by molar-refractivity contribution is -0.137. The lowest BCUT2D eigenvalue weighted by atomic mass is 10.2. The molecule has 1 N–H and O–H groups in total. The molecule has 0 saturated carbocycles. The molecule has 0 radical (unpaired) electrons. The minimum Gasteiger partial charge on any atom is -0.382 e. The number of nitrogens with one attached hydrogen (secondary N) is 1. The van der Waals surface area contributed by atoms with Gasteiger partial charge in [-0.15, -0.1) is 0 Å². The van der Waals surface area contributed by atoms with Gasteiger partial charge in [0.25, 0.3) is 0 Å². The number of anilines is 1. The third-order valence-electron chi connectivity index (χ3n) is 2.54. The molecule has 0 bridgehead atoms. The second-order valence-corrected chi connectivity index (χ2v) is 6.71. The van der Waals surface area contributed by atoms with Crippen molar-refractivity contribution < 1.29 is 17.4 Å². The van der Waals surface area contributed by atoms with Gasteiger partial charge in [0.15, 0.2) is 0 Å². The van der Waals surface area contributed by atoms with Crippen molar-refractivity contribution in [3.05, 3.63) is 28.2 Å². The van der Waals surface area contributed by atoms with Gasteiger partial charge in [0.1, 0.15) is 0 Å². The van der Waals surface area contributed by atoms with Gasteiger partial charge in [-0.3, -0.25) is 4.21 Å². The number of hydrogen-bond acceptors (Lipinski definition) is 2. The smallest absolute Gasteiger partial charge is 0.382 e. The maximum absolute atomic E-state index is 12.5. The Morgan fingerprint density at radius 2 is 2.05 bits per heavy atom. The fourth-order valence-corrected chi connectivity index (χ4v) is 2.67. The third-order valence-corrected chi connectivity index (χ3v) is 4.00. The standard InChI is InChI=1S/C12H15BrF3NOS/c1-8(5-6-19(2)18)17-11-4-3-9(7-10(11)13)12(14,15)16/h3-4,7-8,17H,5-6H2,1-2H3. The van der Waals surface area contributed by atoms with Crippen molar-refractivity contribution >= 4 is 32.4 Å². The van der Waals surface area contributed by atoms with Gasteiger partial charge >= 0.3 is 6.18 Å². The predicted octanol–water partition coefficient (Wildman–Crippen LogP) is 4.04. The van der Waals surface area contributed by atoms with Crippen LogP contribution >= 0.6 is 15.9 Å². The zero-order valence-corrected chi connectivity index (χ0v) is 13.0. The van der Waals surface area contributed by atoms with Crippen molar-refractivity contribution in [2.75, 3.05) is 17.3 Å². The van der Waals surface area contributed by atoms with E-state index in [9.17, 15) is 17.4 Å². The van der Waals surface area contributed by atoms with E-state index >= 15 is 0 Å². The maximum atomic E-state index is 12.5. The summed E-state index contributed by atoms with van der Waals surface area (Å²) in [6.07, 6.45) is -2.02. The molecule has 1 aromatic carbocycles. The molecule has 7 heteroatoms. The van der Waals surface area contributed by atoms with Crippen molar-refractivity contribution in [3.8, 4) is 0 Å². The summed E-state index contributed by atoms with van der Waals surface area (Å²) >= 11 is 3.13. The SMILES string of the molecule is CC(CCS(C)=O)Nc1ccc(C(F)(F)F)cc1Br. The molecule has 1 aromatic rings. The summed E-state index contributed by atoms with van der Waals surface area (Å²) in [6.45, 7) is 1.90. The lowest BCUT2D eigenvalue weighted by Gasteiger charge is -2.17. The van der Waals surface area contributed by atoms with Crippen LogP contribution in [0, 0.1) is 0 Å². The Morgan fingerprint density at radius 3 is 2.53 bits per heavy atom. The van der Waals surface area contributed by atoms with Gasteiger partial charge in [0.05, 0.1) is 5.56 Å². The van der Waals surface area contributed by atoms with Gasteiger partial charge in [-0.1, -0.05) is 0 Å². The second kappa shape index (κ2) is 6.74. The topological polar surface area (TPSA) is 29.1 Å². The Hall–Kier alpha value is -0.560. The maximum Gasteiger partial charge on any atom is 0.416 e. The van der Waals surface area contributed by atoms with E-state index in [0.29, 0.717) is 22.3 Å². The van der Waals surface area contributed by atoms with Crippen molar-refractivity contribution in [3.63, 3.8) is 0 Å². The van der Waals surface area contributed by atoms with Crippen LogP contribution in [0.4, 0.5) is 18.9 Å². The molecular formula is C12H15BrF3NOS. The summed E-state index contributed by atoms with van der Waals surface area (Å²) in [5.74, 6) is 0.562. The van der Waals surface area contributed by atoms with E-state index in [-0.39, 0.29) is 6.04 Å². The number of alkyl halides is 3. The Bertz CT molecular complexity index is 465. The first-order chi connectivity index (χ1) is 8.70. The van der Waals surface area contributed by atoms with Gasteiger partial charge in [-0.2, -0.15) is 13.2 Å². The quantitative estimate of drug-likeness (QED) is 0.861. The molecule has 108 valence electrons. The average Bonchev–Trinajstić information content (AvgIpc) is 2.27. The molecule has 0 aliphatic carbocycles. The Morgan fingerprint density at radius 1 is 1.42 bits per heavy atom. The van der Waals surface area contributed by atoms with Crippen LogP contribution in [-0.2, 0) is 17.0 Å². The van der Waals surface area contributed by atoms with Crippen molar-refractivity contribution in [2.45, 2.75) is 25.6 Å². The van der Waals surface area contributed by atoms with Gasteiger partial charge in [0, 0.05) is 39.0 Å². The average molecular weight is 358 g/mol. The van der Waals surface area contributed by atoms with E-state index in [1.165, 1.54) is 6.07 Å². The highest BCUT2D eigenvalue weighted by molar-refractivity contribution is 9.10. The molecule has 19 heavy (non-hydrogen) atoms. The first-order valence-electron chi connectivity index (χ1n) is 5.63. The molecule has 0 aliphatic rings. The van der Waals surface area contributed by atoms with Gasteiger partial charge < -0.3 is 5.32 Å². The van der Waals surface area contributed by atoms with E-state index in [4.69, 9.17) is 0 Å². The van der Waals surface area contributed by atoms with Crippen LogP contribution in [0.1, 0.15) is 18.9 Å². The van der Waals surface area contributed by atoms with E-state index in [0.717, 1.165) is 12.1 Å². The molecule has 0 amide bonds. The summed E-state index contributed by atoms with van der Waals surface area (Å²) in [6, 6.07) is 3.52. The third kappa shape index (κ3) is 5.52. The number of benzene rings is 1. The molecule has 2 unspecified atom stereocenters. The summed E-state index contributed by atoms with van der Waals surface area (Å²) in [4.78, 5) is 0. The zero-order chi connectivity index (χ0) is 14.6. The van der Waals surface area contributed by atoms with Crippen molar-refractivity contribution in [1.82, 2.24) is 0 Å². The highest BCUT2D eigenvalue weighted by Gasteiger charge is 2.30. The summed E-state index contributed by atoms with van der Waals surface area (Å²) in [5, 5.41) is 3.10. The van der Waals surface area contributed by atoms with Crippen LogP contribution in [0.15, 0.2) is 22.7 Å². The van der Waals surface area contributed by atoms with Crippen molar-refractivity contribution in [2.24, 2.45) is 0 Å². The lowest BCUT2D eigenvalue weighted by Crippen LogP contribution is -2.18. The molecule has 0 saturated heterocycles. The normalized spacial score (nSPS) is 15.1. The monoisotopic (exact) mass is 357 g/mol. The molecule has 2 atom stereocenters.